The fourth-order valence-electron chi connectivity index (χ4n) is 3.84. The number of hydrogen-bond donors (Lipinski definition) is 2. The third-order valence-corrected chi connectivity index (χ3v) is 5.48. The van der Waals surface area contributed by atoms with Crippen molar-refractivity contribution in [2.75, 3.05) is 11.9 Å². The summed E-state index contributed by atoms with van der Waals surface area (Å²) in [7, 11) is 1.73. The molecule has 8 heteroatoms. The summed E-state index contributed by atoms with van der Waals surface area (Å²) in [6.45, 7) is 1.30. The van der Waals surface area contributed by atoms with Crippen LogP contribution in [0.3, 0.4) is 0 Å². The zero-order valence-electron chi connectivity index (χ0n) is 16.6. The van der Waals surface area contributed by atoms with Crippen molar-refractivity contribution in [2.24, 2.45) is 13.0 Å². The molecule has 1 aliphatic carbocycles. The summed E-state index contributed by atoms with van der Waals surface area (Å²) in [4.78, 5) is 29.1. The fourth-order valence-corrected chi connectivity index (χ4v) is 3.84. The van der Waals surface area contributed by atoms with Crippen LogP contribution in [0.2, 0.25) is 0 Å². The summed E-state index contributed by atoms with van der Waals surface area (Å²) in [6, 6.07) is 9.61. The number of amides is 2. The first-order valence-electron chi connectivity index (χ1n) is 10.1. The number of fused-ring (bicyclic) bond motifs is 1. The number of para-hydroxylation sites is 2. The topological polar surface area (TPSA) is 93.8 Å². The predicted octanol–water partition coefficient (Wildman–Crippen LogP) is 2.72. The number of nitrogens with one attached hydrogen (secondary N) is 2. The molecule has 0 spiro atoms. The van der Waals surface area contributed by atoms with Crippen molar-refractivity contribution < 1.29 is 9.59 Å². The van der Waals surface area contributed by atoms with E-state index in [1.165, 1.54) is 0 Å². The van der Waals surface area contributed by atoms with Gasteiger partial charge in [-0.2, -0.15) is 5.10 Å². The lowest BCUT2D eigenvalue weighted by Gasteiger charge is -2.09. The lowest BCUT2D eigenvalue weighted by molar-refractivity contribution is -0.119. The number of aryl methyl sites for hydroxylation is 2. The third kappa shape index (κ3) is 4.31. The highest BCUT2D eigenvalue weighted by atomic mass is 16.2. The normalized spacial score (nSPS) is 14.4. The Bertz CT molecular complexity index is 1020. The molecule has 4 rings (SSSR count). The van der Waals surface area contributed by atoms with E-state index in [1.54, 1.807) is 17.8 Å². The molecule has 3 aromatic rings. The first kappa shape index (κ1) is 19.2. The van der Waals surface area contributed by atoms with Gasteiger partial charge in [-0.25, -0.2) is 4.98 Å². The quantitative estimate of drug-likeness (QED) is 0.603. The van der Waals surface area contributed by atoms with Crippen LogP contribution in [0.1, 0.15) is 42.6 Å². The Morgan fingerprint density at radius 3 is 2.83 bits per heavy atom. The van der Waals surface area contributed by atoms with E-state index in [-0.39, 0.29) is 17.7 Å². The van der Waals surface area contributed by atoms with E-state index in [1.807, 2.05) is 30.6 Å². The van der Waals surface area contributed by atoms with Crippen LogP contribution >= 0.6 is 0 Å². The molecular formula is C21H26N6O2. The number of carbonyl (C=O) groups is 2. The Labute approximate surface area is 169 Å². The molecule has 2 heterocycles. The van der Waals surface area contributed by atoms with Gasteiger partial charge in [0.25, 0.3) is 5.91 Å². The van der Waals surface area contributed by atoms with Gasteiger partial charge < -0.3 is 15.2 Å². The van der Waals surface area contributed by atoms with Gasteiger partial charge in [0.2, 0.25) is 5.91 Å². The molecular weight excluding hydrogens is 368 g/mol. The number of nitrogens with zero attached hydrogens (tertiary/aromatic N) is 4. The van der Waals surface area contributed by atoms with Crippen LogP contribution in [-0.4, -0.2) is 37.7 Å². The zero-order chi connectivity index (χ0) is 20.2. The van der Waals surface area contributed by atoms with E-state index in [0.717, 1.165) is 49.7 Å². The molecule has 8 nitrogen and oxygen atoms in total. The van der Waals surface area contributed by atoms with Crippen molar-refractivity contribution in [1.82, 2.24) is 24.6 Å². The average molecular weight is 394 g/mol. The van der Waals surface area contributed by atoms with Crippen LogP contribution < -0.4 is 10.6 Å². The van der Waals surface area contributed by atoms with E-state index >= 15 is 0 Å². The van der Waals surface area contributed by atoms with Gasteiger partial charge in [-0.1, -0.05) is 25.0 Å². The monoisotopic (exact) mass is 394 g/mol. The summed E-state index contributed by atoms with van der Waals surface area (Å²) in [5.41, 5.74) is 2.37. The summed E-state index contributed by atoms with van der Waals surface area (Å²) < 4.78 is 3.62. The maximum absolute atomic E-state index is 12.4. The second-order valence-corrected chi connectivity index (χ2v) is 7.55. The van der Waals surface area contributed by atoms with Crippen molar-refractivity contribution in [2.45, 2.75) is 38.6 Å². The van der Waals surface area contributed by atoms with Crippen LogP contribution in [0.5, 0.6) is 0 Å². The van der Waals surface area contributed by atoms with Gasteiger partial charge in [-0.15, -0.1) is 0 Å². The van der Waals surface area contributed by atoms with E-state index in [0.29, 0.717) is 18.1 Å². The number of carbonyl (C=O) groups excluding carboxylic acids is 2. The maximum Gasteiger partial charge on any atom is 0.271 e. The molecule has 1 aliphatic rings. The van der Waals surface area contributed by atoms with Crippen LogP contribution in [-0.2, 0) is 18.4 Å². The van der Waals surface area contributed by atoms with E-state index in [9.17, 15) is 9.59 Å². The number of benzene rings is 1. The number of anilines is 1. The predicted molar refractivity (Wildman–Crippen MR) is 110 cm³/mol. The van der Waals surface area contributed by atoms with Crippen molar-refractivity contribution in [1.29, 1.82) is 0 Å². The molecule has 1 fully saturated rings. The standard InChI is InChI=1S/C21H26N6O2/c1-26-19(24-20(28)15-7-2-3-8-15)13-17(25-26)21(29)22-11-6-12-27-14-23-16-9-4-5-10-18(16)27/h4-5,9-10,13-15H,2-3,6-8,11-12H2,1H3,(H,22,29)(H,24,28). The lowest BCUT2D eigenvalue weighted by atomic mass is 10.1. The molecule has 29 heavy (non-hydrogen) atoms. The number of rotatable bonds is 7. The Hall–Kier alpha value is -3.16. The molecule has 0 unspecified atom stereocenters. The average Bonchev–Trinajstić information content (AvgIpc) is 3.46. The Kier molecular flexibility index (Phi) is 5.59. The Morgan fingerprint density at radius 2 is 2.00 bits per heavy atom. The number of imidazole rings is 1. The molecule has 0 saturated heterocycles. The number of hydrogen-bond acceptors (Lipinski definition) is 4. The van der Waals surface area contributed by atoms with Crippen molar-refractivity contribution in [3.05, 3.63) is 42.4 Å². The lowest BCUT2D eigenvalue weighted by Crippen LogP contribution is -2.25. The maximum atomic E-state index is 12.4. The van der Waals surface area contributed by atoms with Gasteiger partial charge in [-0.3, -0.25) is 14.3 Å². The fraction of sp³-hybridized carbons (Fsp3) is 0.429. The van der Waals surface area contributed by atoms with Gasteiger partial charge in [-0.05, 0) is 31.4 Å². The molecule has 0 radical (unpaired) electrons. The van der Waals surface area contributed by atoms with Crippen LogP contribution in [0, 0.1) is 5.92 Å². The van der Waals surface area contributed by atoms with Gasteiger partial charge in [0.05, 0.1) is 17.4 Å². The highest BCUT2D eigenvalue weighted by Crippen LogP contribution is 2.26. The first-order chi connectivity index (χ1) is 14.1. The van der Waals surface area contributed by atoms with Crippen LogP contribution in [0.15, 0.2) is 36.7 Å². The highest BCUT2D eigenvalue weighted by molar-refractivity contribution is 5.96. The van der Waals surface area contributed by atoms with Gasteiger partial charge in [0, 0.05) is 32.1 Å². The summed E-state index contributed by atoms with van der Waals surface area (Å²) in [5.74, 6) is 0.404. The van der Waals surface area contributed by atoms with Crippen molar-refractivity contribution in [3.8, 4) is 0 Å². The summed E-state index contributed by atoms with van der Waals surface area (Å²) >= 11 is 0. The molecule has 0 aliphatic heterocycles. The molecule has 152 valence electrons. The molecule has 0 atom stereocenters. The van der Waals surface area contributed by atoms with Gasteiger partial charge >= 0.3 is 0 Å². The molecule has 0 bridgehead atoms. The zero-order valence-corrected chi connectivity index (χ0v) is 16.6. The van der Waals surface area contributed by atoms with Crippen molar-refractivity contribution >= 4 is 28.7 Å². The first-order valence-corrected chi connectivity index (χ1v) is 10.1. The minimum Gasteiger partial charge on any atom is -0.351 e. The minimum absolute atomic E-state index is 0.0185. The summed E-state index contributed by atoms with van der Waals surface area (Å²) in [6.07, 6.45) is 6.68. The third-order valence-electron chi connectivity index (χ3n) is 5.48. The SMILES string of the molecule is Cn1nc(C(=O)NCCCn2cnc3ccccc32)cc1NC(=O)C1CCCC1. The molecule has 1 saturated carbocycles. The van der Waals surface area contributed by atoms with E-state index in [2.05, 4.69) is 25.3 Å². The van der Waals surface area contributed by atoms with Crippen LogP contribution in [0.25, 0.3) is 11.0 Å². The Morgan fingerprint density at radius 1 is 1.21 bits per heavy atom. The van der Waals surface area contributed by atoms with Crippen molar-refractivity contribution in [3.63, 3.8) is 0 Å². The van der Waals surface area contributed by atoms with Crippen LogP contribution in [0.4, 0.5) is 5.82 Å². The molecule has 1 aromatic carbocycles. The van der Waals surface area contributed by atoms with Gasteiger partial charge in [0.1, 0.15) is 5.82 Å². The second kappa shape index (κ2) is 8.46. The molecule has 2 amide bonds. The minimum atomic E-state index is -0.238. The largest absolute Gasteiger partial charge is 0.351 e. The molecule has 2 N–H and O–H groups in total. The van der Waals surface area contributed by atoms with Gasteiger partial charge in [0.15, 0.2) is 5.69 Å². The van der Waals surface area contributed by atoms with E-state index in [4.69, 9.17) is 0 Å². The smallest absolute Gasteiger partial charge is 0.271 e. The van der Waals surface area contributed by atoms with E-state index < -0.39 is 0 Å². The second-order valence-electron chi connectivity index (χ2n) is 7.55. The molecule has 2 aromatic heterocycles. The summed E-state index contributed by atoms with van der Waals surface area (Å²) in [5, 5.41) is 10.0. The number of aromatic nitrogens is 4. The Balaban J connectivity index is 1.28. The highest BCUT2D eigenvalue weighted by Gasteiger charge is 2.24.